The maximum atomic E-state index is 5.76. The minimum absolute atomic E-state index is 0.235. The highest BCUT2D eigenvalue weighted by molar-refractivity contribution is 5.55. The molecule has 0 amide bonds. The maximum Gasteiger partial charge on any atom is 0.254 e. The molecule has 0 N–H and O–H groups in total. The highest BCUT2D eigenvalue weighted by Gasteiger charge is 2.10. The van der Waals surface area contributed by atoms with E-state index in [2.05, 4.69) is 30.1 Å². The second-order valence-corrected chi connectivity index (χ2v) is 5.75. The first kappa shape index (κ1) is 16.1. The zero-order valence-corrected chi connectivity index (χ0v) is 14.0. The van der Waals surface area contributed by atoms with Crippen molar-refractivity contribution in [2.24, 2.45) is 0 Å². The summed E-state index contributed by atoms with van der Waals surface area (Å²) in [4.78, 5) is 0. The van der Waals surface area contributed by atoms with Crippen LogP contribution >= 0.6 is 0 Å². The number of methoxy groups -OCH3 is 1. The molecule has 0 atom stereocenters. The molecule has 0 saturated carbocycles. The van der Waals surface area contributed by atoms with Gasteiger partial charge in [-0.15, -0.1) is 10.2 Å². The molecule has 0 aliphatic rings. The molecule has 0 aliphatic carbocycles. The normalized spacial score (nSPS) is 10.8. The summed E-state index contributed by atoms with van der Waals surface area (Å²) >= 11 is 0. The molecule has 0 fully saturated rings. The van der Waals surface area contributed by atoms with Gasteiger partial charge in [0.1, 0.15) is 11.5 Å². The first-order valence-corrected chi connectivity index (χ1v) is 7.85. The standard InChI is InChI=1S/C19H20N2O3/c1-13(2)14-6-4-9-17(10-14)23-12-18-20-21-19(24-18)15-7-5-8-16(11-15)22-3/h4-11,13H,12H2,1-3H3. The van der Waals surface area contributed by atoms with Gasteiger partial charge in [-0.25, -0.2) is 0 Å². The molecule has 3 rings (SSSR count). The highest BCUT2D eigenvalue weighted by Crippen LogP contribution is 2.24. The molecule has 3 aromatic rings. The van der Waals surface area contributed by atoms with Crippen LogP contribution in [0, 0.1) is 0 Å². The van der Waals surface area contributed by atoms with Crippen LogP contribution in [0.2, 0.25) is 0 Å². The molecular weight excluding hydrogens is 304 g/mol. The smallest absolute Gasteiger partial charge is 0.254 e. The summed E-state index contributed by atoms with van der Waals surface area (Å²) in [6.07, 6.45) is 0. The molecule has 1 heterocycles. The van der Waals surface area contributed by atoms with Gasteiger partial charge in [0.25, 0.3) is 5.89 Å². The summed E-state index contributed by atoms with van der Waals surface area (Å²) in [7, 11) is 1.62. The summed E-state index contributed by atoms with van der Waals surface area (Å²) in [6, 6.07) is 15.5. The highest BCUT2D eigenvalue weighted by atomic mass is 16.5. The zero-order valence-electron chi connectivity index (χ0n) is 14.0. The summed E-state index contributed by atoms with van der Waals surface area (Å²) in [6.45, 7) is 4.54. The molecule has 0 radical (unpaired) electrons. The van der Waals surface area contributed by atoms with Crippen LogP contribution < -0.4 is 9.47 Å². The Bertz CT molecular complexity index is 812. The van der Waals surface area contributed by atoms with Gasteiger partial charge >= 0.3 is 0 Å². The van der Waals surface area contributed by atoms with Crippen molar-refractivity contribution >= 4 is 0 Å². The fourth-order valence-corrected chi connectivity index (χ4v) is 2.29. The van der Waals surface area contributed by atoms with Crippen molar-refractivity contribution in [2.45, 2.75) is 26.4 Å². The average Bonchev–Trinajstić information content (AvgIpc) is 3.09. The number of nitrogens with zero attached hydrogens (tertiary/aromatic N) is 2. The Morgan fingerprint density at radius 3 is 2.58 bits per heavy atom. The van der Waals surface area contributed by atoms with E-state index >= 15 is 0 Å². The molecule has 0 spiro atoms. The van der Waals surface area contributed by atoms with Crippen molar-refractivity contribution in [2.75, 3.05) is 7.11 Å². The van der Waals surface area contributed by atoms with E-state index in [9.17, 15) is 0 Å². The van der Waals surface area contributed by atoms with E-state index in [0.717, 1.165) is 17.1 Å². The summed E-state index contributed by atoms with van der Waals surface area (Å²) < 4.78 is 16.6. The fraction of sp³-hybridized carbons (Fsp3) is 0.263. The van der Waals surface area contributed by atoms with Crippen LogP contribution in [-0.4, -0.2) is 17.3 Å². The molecule has 24 heavy (non-hydrogen) atoms. The van der Waals surface area contributed by atoms with Gasteiger partial charge in [-0.1, -0.05) is 32.0 Å². The van der Waals surface area contributed by atoms with Crippen molar-refractivity contribution in [1.29, 1.82) is 0 Å². The molecule has 5 nitrogen and oxygen atoms in total. The van der Waals surface area contributed by atoms with Gasteiger partial charge in [0, 0.05) is 5.56 Å². The summed E-state index contributed by atoms with van der Waals surface area (Å²) in [5.41, 5.74) is 2.05. The van der Waals surface area contributed by atoms with Crippen molar-refractivity contribution in [3.05, 3.63) is 60.0 Å². The Labute approximate surface area is 141 Å². The van der Waals surface area contributed by atoms with Gasteiger partial charge < -0.3 is 13.9 Å². The van der Waals surface area contributed by atoms with Crippen molar-refractivity contribution in [3.63, 3.8) is 0 Å². The van der Waals surface area contributed by atoms with Gasteiger partial charge in [-0.2, -0.15) is 0 Å². The maximum absolute atomic E-state index is 5.76. The first-order chi connectivity index (χ1) is 11.7. The third-order valence-electron chi connectivity index (χ3n) is 3.67. The quantitative estimate of drug-likeness (QED) is 0.670. The van der Waals surface area contributed by atoms with E-state index in [1.807, 2.05) is 42.5 Å². The monoisotopic (exact) mass is 324 g/mol. The van der Waals surface area contributed by atoms with Crippen LogP contribution in [0.5, 0.6) is 11.5 Å². The molecule has 0 aliphatic heterocycles. The molecular formula is C19H20N2O3. The molecule has 124 valence electrons. The Morgan fingerprint density at radius 1 is 1.00 bits per heavy atom. The van der Waals surface area contributed by atoms with Crippen LogP contribution in [0.25, 0.3) is 11.5 Å². The molecule has 2 aromatic carbocycles. The van der Waals surface area contributed by atoms with Crippen LogP contribution in [-0.2, 0) is 6.61 Å². The number of aromatic nitrogens is 2. The Kier molecular flexibility index (Phi) is 4.79. The molecule has 0 unspecified atom stereocenters. The van der Waals surface area contributed by atoms with Gasteiger partial charge in [0.2, 0.25) is 5.89 Å². The van der Waals surface area contributed by atoms with E-state index in [-0.39, 0.29) is 6.61 Å². The molecule has 5 heteroatoms. The average molecular weight is 324 g/mol. The van der Waals surface area contributed by atoms with E-state index in [4.69, 9.17) is 13.9 Å². The summed E-state index contributed by atoms with van der Waals surface area (Å²) in [5, 5.41) is 8.11. The molecule has 0 saturated heterocycles. The predicted octanol–water partition coefficient (Wildman–Crippen LogP) is 4.45. The van der Waals surface area contributed by atoms with Crippen molar-refractivity contribution < 1.29 is 13.9 Å². The van der Waals surface area contributed by atoms with E-state index in [0.29, 0.717) is 17.7 Å². The third-order valence-corrected chi connectivity index (χ3v) is 3.67. The number of benzene rings is 2. The second kappa shape index (κ2) is 7.17. The number of ether oxygens (including phenoxy) is 2. The Morgan fingerprint density at radius 2 is 1.79 bits per heavy atom. The molecule has 0 bridgehead atoms. The Balaban J connectivity index is 1.69. The van der Waals surface area contributed by atoms with Gasteiger partial charge in [0.15, 0.2) is 6.61 Å². The lowest BCUT2D eigenvalue weighted by molar-refractivity contribution is 0.264. The summed E-state index contributed by atoms with van der Waals surface area (Å²) in [5.74, 6) is 2.87. The minimum atomic E-state index is 0.235. The lowest BCUT2D eigenvalue weighted by atomic mass is 10.0. The van der Waals surface area contributed by atoms with Gasteiger partial charge in [0.05, 0.1) is 7.11 Å². The Hall–Kier alpha value is -2.82. The molecule has 1 aromatic heterocycles. The predicted molar refractivity (Wildman–Crippen MR) is 91.1 cm³/mol. The van der Waals surface area contributed by atoms with E-state index < -0.39 is 0 Å². The van der Waals surface area contributed by atoms with E-state index in [1.54, 1.807) is 7.11 Å². The SMILES string of the molecule is COc1cccc(-c2nnc(COc3cccc(C(C)C)c3)o2)c1. The van der Waals surface area contributed by atoms with Crippen LogP contribution in [0.15, 0.2) is 52.9 Å². The van der Waals surface area contributed by atoms with Crippen molar-refractivity contribution in [3.8, 4) is 23.0 Å². The van der Waals surface area contributed by atoms with Gasteiger partial charge in [-0.3, -0.25) is 0 Å². The van der Waals surface area contributed by atoms with Crippen molar-refractivity contribution in [1.82, 2.24) is 10.2 Å². The number of hydrogen-bond donors (Lipinski definition) is 0. The first-order valence-electron chi connectivity index (χ1n) is 7.85. The van der Waals surface area contributed by atoms with Crippen LogP contribution in [0.1, 0.15) is 31.2 Å². The number of hydrogen-bond acceptors (Lipinski definition) is 5. The fourth-order valence-electron chi connectivity index (χ4n) is 2.29. The largest absolute Gasteiger partial charge is 0.497 e. The lowest BCUT2D eigenvalue weighted by Gasteiger charge is -2.08. The van der Waals surface area contributed by atoms with Gasteiger partial charge in [-0.05, 0) is 41.8 Å². The lowest BCUT2D eigenvalue weighted by Crippen LogP contribution is -1.97. The third kappa shape index (κ3) is 3.74. The topological polar surface area (TPSA) is 57.4 Å². The second-order valence-electron chi connectivity index (χ2n) is 5.75. The van der Waals surface area contributed by atoms with Crippen LogP contribution in [0.4, 0.5) is 0 Å². The van der Waals surface area contributed by atoms with Crippen LogP contribution in [0.3, 0.4) is 0 Å². The minimum Gasteiger partial charge on any atom is -0.497 e. The number of rotatable bonds is 6. The van der Waals surface area contributed by atoms with E-state index in [1.165, 1.54) is 5.56 Å². The zero-order chi connectivity index (χ0) is 16.9.